The average Bonchev–Trinajstić information content (AvgIpc) is 2.68. The van der Waals surface area contributed by atoms with E-state index >= 15 is 0 Å². The molecule has 0 aliphatic heterocycles. The molecule has 0 aliphatic carbocycles. The number of hydrogen-bond donors (Lipinski definition) is 3. The van der Waals surface area contributed by atoms with Crippen LogP contribution in [0.2, 0.25) is 0 Å². The molecule has 0 saturated carbocycles. The minimum Gasteiger partial charge on any atom is -0.480 e. The van der Waals surface area contributed by atoms with E-state index in [0.29, 0.717) is 10.5 Å². The molecular formula is C19H20FN3O4. The number of nitrogens with two attached hydrogens (primary N) is 1. The van der Waals surface area contributed by atoms with Crippen molar-refractivity contribution in [2.75, 3.05) is 0 Å². The molecule has 2 aromatic rings. The molecule has 0 aromatic heterocycles. The highest BCUT2D eigenvalue weighted by Crippen LogP contribution is 2.13. The fourth-order valence-corrected chi connectivity index (χ4v) is 2.67. The third-order valence-electron chi connectivity index (χ3n) is 4.11. The number of carboxylic acids is 1. The molecule has 0 unspecified atom stereocenters. The van der Waals surface area contributed by atoms with Crippen LogP contribution in [0.1, 0.15) is 11.1 Å². The van der Waals surface area contributed by atoms with Crippen LogP contribution in [0.4, 0.5) is 4.39 Å². The van der Waals surface area contributed by atoms with Crippen molar-refractivity contribution in [2.45, 2.75) is 24.9 Å². The van der Waals surface area contributed by atoms with Crippen LogP contribution in [-0.2, 0) is 27.2 Å². The molecule has 2 aromatic carbocycles. The van der Waals surface area contributed by atoms with Gasteiger partial charge in [-0.05, 0) is 29.7 Å². The van der Waals surface area contributed by atoms with Crippen molar-refractivity contribution in [3.63, 3.8) is 0 Å². The topological polar surface area (TPSA) is 113 Å². The maximum absolute atomic E-state index is 13.0. The van der Waals surface area contributed by atoms with E-state index in [9.17, 15) is 23.9 Å². The van der Waals surface area contributed by atoms with E-state index in [1.807, 2.05) is 6.07 Å². The Morgan fingerprint density at radius 2 is 1.67 bits per heavy atom. The molecule has 142 valence electrons. The van der Waals surface area contributed by atoms with Crippen LogP contribution < -0.4 is 11.3 Å². The largest absolute Gasteiger partial charge is 0.480 e. The number of amides is 2. The number of carbonyl (C=O) groups excluding carboxylic acids is 2. The summed E-state index contributed by atoms with van der Waals surface area (Å²) in [6, 6.07) is 11.7. The number of hydrogen-bond acceptors (Lipinski definition) is 5. The summed E-state index contributed by atoms with van der Waals surface area (Å²) in [6.45, 7) is 0. The molecule has 2 amide bonds. The molecule has 7 nitrogen and oxygen atoms in total. The van der Waals surface area contributed by atoms with Gasteiger partial charge in [0.1, 0.15) is 17.9 Å². The van der Waals surface area contributed by atoms with Crippen LogP contribution in [0.25, 0.3) is 0 Å². The highest BCUT2D eigenvalue weighted by molar-refractivity contribution is 5.95. The first-order valence-corrected chi connectivity index (χ1v) is 8.21. The minimum atomic E-state index is -1.44. The molecule has 0 aliphatic rings. The SMILES string of the molecule is NN[C@@H](Cc1ccccc1)C(=O)N(C=O)[C@@H](Cc1ccc(F)cc1)C(=O)O. The van der Waals surface area contributed by atoms with Gasteiger partial charge >= 0.3 is 5.97 Å². The maximum Gasteiger partial charge on any atom is 0.327 e. The van der Waals surface area contributed by atoms with Crippen LogP contribution in [0.15, 0.2) is 54.6 Å². The Balaban J connectivity index is 2.20. The average molecular weight is 373 g/mol. The van der Waals surface area contributed by atoms with E-state index in [1.165, 1.54) is 24.3 Å². The van der Waals surface area contributed by atoms with Gasteiger partial charge in [0.25, 0.3) is 0 Å². The number of nitrogens with zero attached hydrogens (tertiary/aromatic N) is 1. The van der Waals surface area contributed by atoms with Crippen molar-refractivity contribution in [3.05, 3.63) is 71.5 Å². The lowest BCUT2D eigenvalue weighted by Crippen LogP contribution is -2.55. The molecule has 27 heavy (non-hydrogen) atoms. The molecule has 0 heterocycles. The van der Waals surface area contributed by atoms with Gasteiger partial charge in [0, 0.05) is 6.42 Å². The fourth-order valence-electron chi connectivity index (χ4n) is 2.67. The van der Waals surface area contributed by atoms with E-state index in [0.717, 1.165) is 5.56 Å². The Hall–Kier alpha value is -3.10. The number of halogens is 1. The number of rotatable bonds is 9. The Kier molecular flexibility index (Phi) is 7.16. The monoisotopic (exact) mass is 373 g/mol. The highest BCUT2D eigenvalue weighted by Gasteiger charge is 2.33. The number of hydrazine groups is 1. The van der Waals surface area contributed by atoms with Gasteiger partial charge in [0.2, 0.25) is 12.3 Å². The lowest BCUT2D eigenvalue weighted by atomic mass is 10.0. The number of carbonyl (C=O) groups is 3. The summed E-state index contributed by atoms with van der Waals surface area (Å²) < 4.78 is 13.0. The van der Waals surface area contributed by atoms with Gasteiger partial charge in [-0.1, -0.05) is 42.5 Å². The van der Waals surface area contributed by atoms with Gasteiger partial charge in [-0.25, -0.2) is 14.6 Å². The van der Waals surface area contributed by atoms with Crippen molar-refractivity contribution in [2.24, 2.45) is 5.84 Å². The molecule has 0 radical (unpaired) electrons. The quantitative estimate of drug-likeness (QED) is 0.342. The number of carboxylic acid groups (broad SMARTS) is 1. The van der Waals surface area contributed by atoms with Crippen molar-refractivity contribution < 1.29 is 23.9 Å². The molecule has 2 rings (SSSR count). The first kappa shape index (κ1) is 20.2. The van der Waals surface area contributed by atoms with Gasteiger partial charge in [-0.15, -0.1) is 0 Å². The highest BCUT2D eigenvalue weighted by atomic mass is 19.1. The number of benzene rings is 2. The summed E-state index contributed by atoms with van der Waals surface area (Å²) in [5, 5.41) is 9.51. The number of aliphatic carboxylic acids is 1. The molecule has 4 N–H and O–H groups in total. The van der Waals surface area contributed by atoms with Gasteiger partial charge in [0.05, 0.1) is 0 Å². The van der Waals surface area contributed by atoms with E-state index < -0.39 is 29.8 Å². The van der Waals surface area contributed by atoms with E-state index in [1.54, 1.807) is 24.3 Å². The molecule has 0 spiro atoms. The summed E-state index contributed by atoms with van der Waals surface area (Å²) in [4.78, 5) is 36.5. The molecular weight excluding hydrogens is 353 g/mol. The minimum absolute atomic E-state index is 0.150. The van der Waals surface area contributed by atoms with Crippen LogP contribution >= 0.6 is 0 Å². The standard InChI is InChI=1S/C19H20FN3O4/c20-15-8-6-14(7-9-15)11-17(19(26)27)23(12-24)18(25)16(22-21)10-13-4-2-1-3-5-13/h1-9,12,16-17,22H,10-11,21H2,(H,26,27)/t16-,17-/m0/s1. The molecule has 8 heteroatoms. The van der Waals surface area contributed by atoms with Crippen LogP contribution in [0.5, 0.6) is 0 Å². The summed E-state index contributed by atoms with van der Waals surface area (Å²) in [5.41, 5.74) is 3.61. The Bertz CT molecular complexity index is 783. The van der Waals surface area contributed by atoms with Crippen LogP contribution in [0, 0.1) is 5.82 Å². The second-order valence-electron chi connectivity index (χ2n) is 5.94. The van der Waals surface area contributed by atoms with E-state index in [-0.39, 0.29) is 19.3 Å². The molecule has 0 saturated heterocycles. The van der Waals surface area contributed by atoms with E-state index in [2.05, 4.69) is 5.43 Å². The summed E-state index contributed by atoms with van der Waals surface area (Å²) in [7, 11) is 0. The summed E-state index contributed by atoms with van der Waals surface area (Å²) in [6.07, 6.45) is 0.214. The first-order chi connectivity index (χ1) is 13.0. The summed E-state index contributed by atoms with van der Waals surface area (Å²) in [5.74, 6) is 2.88. The van der Waals surface area contributed by atoms with Crippen molar-refractivity contribution in [1.82, 2.24) is 10.3 Å². The zero-order valence-corrected chi connectivity index (χ0v) is 14.4. The Morgan fingerprint density at radius 3 is 2.19 bits per heavy atom. The van der Waals surface area contributed by atoms with Crippen molar-refractivity contribution >= 4 is 18.3 Å². The normalized spacial score (nSPS) is 12.8. The van der Waals surface area contributed by atoms with Gasteiger partial charge in [-0.3, -0.25) is 20.3 Å². The van der Waals surface area contributed by atoms with Crippen LogP contribution in [-0.4, -0.2) is 40.4 Å². The lowest BCUT2D eigenvalue weighted by molar-refractivity contribution is -0.154. The number of imide groups is 1. The zero-order valence-electron chi connectivity index (χ0n) is 14.4. The predicted octanol–water partition coefficient (Wildman–Crippen LogP) is 0.881. The molecule has 0 bridgehead atoms. The van der Waals surface area contributed by atoms with Gasteiger partial charge in [0.15, 0.2) is 0 Å². The smallest absolute Gasteiger partial charge is 0.327 e. The van der Waals surface area contributed by atoms with Gasteiger partial charge in [-0.2, -0.15) is 0 Å². The van der Waals surface area contributed by atoms with Crippen molar-refractivity contribution in [1.29, 1.82) is 0 Å². The fraction of sp³-hybridized carbons (Fsp3) is 0.211. The molecule has 2 atom stereocenters. The Morgan fingerprint density at radius 1 is 1.07 bits per heavy atom. The number of nitrogens with one attached hydrogen (secondary N) is 1. The second-order valence-corrected chi connectivity index (χ2v) is 5.94. The maximum atomic E-state index is 13.0. The predicted molar refractivity (Wildman–Crippen MR) is 95.7 cm³/mol. The third-order valence-corrected chi connectivity index (χ3v) is 4.11. The third kappa shape index (κ3) is 5.44. The second kappa shape index (κ2) is 9.56. The molecule has 0 fully saturated rings. The van der Waals surface area contributed by atoms with Crippen molar-refractivity contribution in [3.8, 4) is 0 Å². The van der Waals surface area contributed by atoms with Gasteiger partial charge < -0.3 is 5.11 Å². The van der Waals surface area contributed by atoms with E-state index in [4.69, 9.17) is 5.84 Å². The zero-order chi connectivity index (χ0) is 19.8. The Labute approximate surface area is 155 Å². The van der Waals surface area contributed by atoms with Crippen LogP contribution in [0.3, 0.4) is 0 Å². The summed E-state index contributed by atoms with van der Waals surface area (Å²) >= 11 is 0. The lowest BCUT2D eigenvalue weighted by Gasteiger charge is -2.27. The first-order valence-electron chi connectivity index (χ1n) is 8.21.